The van der Waals surface area contributed by atoms with Crippen LogP contribution in [0.15, 0.2) is 66.4 Å². The molecule has 7 nitrogen and oxygen atoms in total. The fourth-order valence-electron chi connectivity index (χ4n) is 4.06. The fraction of sp³-hybridized carbons (Fsp3) is 0.208. The average molecular weight is 444 g/mol. The number of aromatic nitrogens is 3. The Bertz CT molecular complexity index is 1260. The first kappa shape index (κ1) is 20.3. The minimum Gasteiger partial charge on any atom is -0.338 e. The van der Waals surface area contributed by atoms with Gasteiger partial charge in [-0.25, -0.2) is 9.97 Å². The quantitative estimate of drug-likeness (QED) is 0.510. The number of carbonyl (C=O) groups is 2. The maximum absolute atomic E-state index is 13.6. The second-order valence-corrected chi connectivity index (χ2v) is 8.62. The number of amides is 2. The van der Waals surface area contributed by atoms with Crippen LogP contribution >= 0.6 is 11.3 Å². The van der Waals surface area contributed by atoms with Crippen LogP contribution in [0.25, 0.3) is 22.2 Å². The minimum absolute atomic E-state index is 0.0781. The Hall–Kier alpha value is -3.65. The van der Waals surface area contributed by atoms with Crippen LogP contribution in [-0.2, 0) is 4.79 Å². The lowest BCUT2D eigenvalue weighted by atomic mass is 9.95. The molecule has 3 aromatic heterocycles. The van der Waals surface area contributed by atoms with Crippen molar-refractivity contribution in [2.75, 3.05) is 18.4 Å². The van der Waals surface area contributed by atoms with Gasteiger partial charge >= 0.3 is 0 Å². The molecule has 1 N–H and O–H groups in total. The third kappa shape index (κ3) is 4.09. The molecule has 1 aliphatic heterocycles. The van der Waals surface area contributed by atoms with Gasteiger partial charge in [0.25, 0.3) is 5.91 Å². The molecular weight excluding hydrogens is 422 g/mol. The third-order valence-electron chi connectivity index (χ3n) is 5.66. The highest BCUT2D eigenvalue weighted by molar-refractivity contribution is 7.13. The minimum atomic E-state index is -0.260. The van der Waals surface area contributed by atoms with Gasteiger partial charge in [0.15, 0.2) is 5.13 Å². The van der Waals surface area contributed by atoms with Crippen LogP contribution in [0, 0.1) is 5.92 Å². The number of benzene rings is 1. The second-order valence-electron chi connectivity index (χ2n) is 7.72. The lowest BCUT2D eigenvalue weighted by Crippen LogP contribution is -2.43. The predicted molar refractivity (Wildman–Crippen MR) is 124 cm³/mol. The number of nitrogens with one attached hydrogen (secondary N) is 1. The number of para-hydroxylation sites is 1. The topological polar surface area (TPSA) is 88.1 Å². The Kier molecular flexibility index (Phi) is 5.60. The van der Waals surface area contributed by atoms with E-state index in [1.807, 2.05) is 47.8 Å². The first-order chi connectivity index (χ1) is 15.7. The number of likely N-dealkylation sites (tertiary alicyclic amines) is 1. The van der Waals surface area contributed by atoms with Crippen LogP contribution in [0.1, 0.15) is 23.2 Å². The lowest BCUT2D eigenvalue weighted by Gasteiger charge is -2.32. The van der Waals surface area contributed by atoms with E-state index in [0.717, 1.165) is 35.0 Å². The number of nitrogens with zero attached hydrogens (tertiary/aromatic N) is 4. The zero-order valence-corrected chi connectivity index (χ0v) is 18.1. The van der Waals surface area contributed by atoms with E-state index in [9.17, 15) is 9.59 Å². The molecule has 1 unspecified atom stereocenters. The highest BCUT2D eigenvalue weighted by atomic mass is 32.1. The number of hydrogen-bond donors (Lipinski definition) is 1. The molecule has 0 spiro atoms. The number of pyridine rings is 2. The van der Waals surface area contributed by atoms with Gasteiger partial charge in [-0.05, 0) is 37.1 Å². The Morgan fingerprint density at radius 3 is 2.75 bits per heavy atom. The monoisotopic (exact) mass is 443 g/mol. The molecular formula is C24H21N5O2S. The van der Waals surface area contributed by atoms with Crippen molar-refractivity contribution in [3.8, 4) is 11.3 Å². The molecule has 4 aromatic rings. The maximum atomic E-state index is 13.6. The standard InChI is InChI=1S/C24H21N5O2S/c30-22(28-24-26-11-13-32-24)17-4-3-12-29(15-17)23(31)19-14-21(16-7-9-25-10-8-16)27-20-6-2-1-5-18(19)20/h1-2,5-11,13-14,17H,3-4,12,15H2,(H,26,28,30). The molecule has 1 aromatic carbocycles. The average Bonchev–Trinajstić information content (AvgIpc) is 3.36. The Labute approximate surface area is 189 Å². The zero-order chi connectivity index (χ0) is 21.9. The molecule has 1 aliphatic rings. The molecule has 1 fully saturated rings. The number of anilines is 1. The lowest BCUT2D eigenvalue weighted by molar-refractivity contribution is -0.121. The molecule has 32 heavy (non-hydrogen) atoms. The Morgan fingerprint density at radius 1 is 1.09 bits per heavy atom. The van der Waals surface area contributed by atoms with Crippen molar-refractivity contribution in [1.82, 2.24) is 19.9 Å². The van der Waals surface area contributed by atoms with Crippen molar-refractivity contribution in [2.24, 2.45) is 5.92 Å². The molecule has 8 heteroatoms. The van der Waals surface area contributed by atoms with Crippen LogP contribution in [0.3, 0.4) is 0 Å². The molecule has 2 amide bonds. The largest absolute Gasteiger partial charge is 0.338 e. The van der Waals surface area contributed by atoms with Crippen molar-refractivity contribution in [3.05, 3.63) is 72.0 Å². The highest BCUT2D eigenvalue weighted by Gasteiger charge is 2.30. The van der Waals surface area contributed by atoms with E-state index in [0.29, 0.717) is 23.8 Å². The van der Waals surface area contributed by atoms with E-state index in [1.165, 1.54) is 11.3 Å². The van der Waals surface area contributed by atoms with Gasteiger partial charge in [0.2, 0.25) is 5.91 Å². The Balaban J connectivity index is 1.44. The summed E-state index contributed by atoms with van der Waals surface area (Å²) in [6.07, 6.45) is 6.61. The summed E-state index contributed by atoms with van der Waals surface area (Å²) in [5.74, 6) is -0.426. The number of hydrogen-bond acceptors (Lipinski definition) is 6. The number of rotatable bonds is 4. The smallest absolute Gasteiger partial charge is 0.254 e. The van der Waals surface area contributed by atoms with E-state index in [2.05, 4.69) is 15.3 Å². The summed E-state index contributed by atoms with van der Waals surface area (Å²) < 4.78 is 0. The normalized spacial score (nSPS) is 16.1. The molecule has 0 bridgehead atoms. The summed E-state index contributed by atoms with van der Waals surface area (Å²) in [7, 11) is 0. The SMILES string of the molecule is O=C(Nc1nccs1)C1CCCN(C(=O)c2cc(-c3ccncc3)nc3ccccc23)C1. The molecule has 0 saturated carbocycles. The van der Waals surface area contributed by atoms with Crippen LogP contribution in [0.4, 0.5) is 5.13 Å². The number of fused-ring (bicyclic) bond motifs is 1. The van der Waals surface area contributed by atoms with Crippen LogP contribution in [-0.4, -0.2) is 44.8 Å². The predicted octanol–water partition coefficient (Wildman–Crippen LogP) is 4.24. The molecule has 1 atom stereocenters. The zero-order valence-electron chi connectivity index (χ0n) is 17.3. The fourth-order valence-corrected chi connectivity index (χ4v) is 4.59. The van der Waals surface area contributed by atoms with Gasteiger partial charge in [-0.3, -0.25) is 14.6 Å². The summed E-state index contributed by atoms with van der Waals surface area (Å²) in [6.45, 7) is 1.01. The van der Waals surface area contributed by atoms with Gasteiger partial charge in [0.05, 0.1) is 22.7 Å². The van der Waals surface area contributed by atoms with E-state index in [-0.39, 0.29) is 17.7 Å². The van der Waals surface area contributed by atoms with Crippen molar-refractivity contribution in [3.63, 3.8) is 0 Å². The van der Waals surface area contributed by atoms with Gasteiger partial charge in [-0.15, -0.1) is 11.3 Å². The van der Waals surface area contributed by atoms with Crippen molar-refractivity contribution in [1.29, 1.82) is 0 Å². The van der Waals surface area contributed by atoms with E-state index >= 15 is 0 Å². The van der Waals surface area contributed by atoms with E-state index in [4.69, 9.17) is 4.98 Å². The molecule has 4 heterocycles. The summed E-state index contributed by atoms with van der Waals surface area (Å²) >= 11 is 1.39. The van der Waals surface area contributed by atoms with Crippen LogP contribution in [0.2, 0.25) is 0 Å². The summed E-state index contributed by atoms with van der Waals surface area (Å²) in [6, 6.07) is 13.3. The molecule has 0 aliphatic carbocycles. The van der Waals surface area contributed by atoms with E-state index in [1.54, 1.807) is 23.5 Å². The Morgan fingerprint density at radius 2 is 1.94 bits per heavy atom. The van der Waals surface area contributed by atoms with E-state index < -0.39 is 0 Å². The van der Waals surface area contributed by atoms with Crippen molar-refractivity contribution in [2.45, 2.75) is 12.8 Å². The number of carbonyl (C=O) groups excluding carboxylic acids is 2. The van der Waals surface area contributed by atoms with Crippen LogP contribution in [0.5, 0.6) is 0 Å². The summed E-state index contributed by atoms with van der Waals surface area (Å²) in [4.78, 5) is 41.1. The molecule has 0 radical (unpaired) electrons. The van der Waals surface area contributed by atoms with Gasteiger partial charge in [0, 0.05) is 48.0 Å². The third-order valence-corrected chi connectivity index (χ3v) is 6.35. The molecule has 5 rings (SSSR count). The number of thiazole rings is 1. The van der Waals surface area contributed by atoms with Crippen molar-refractivity contribution >= 4 is 39.2 Å². The van der Waals surface area contributed by atoms with Crippen LogP contribution < -0.4 is 5.32 Å². The summed E-state index contributed by atoms with van der Waals surface area (Å²) in [5.41, 5.74) is 2.99. The van der Waals surface area contributed by atoms with Gasteiger partial charge in [0.1, 0.15) is 0 Å². The van der Waals surface area contributed by atoms with Gasteiger partial charge < -0.3 is 10.2 Å². The molecule has 160 valence electrons. The highest BCUT2D eigenvalue weighted by Crippen LogP contribution is 2.27. The maximum Gasteiger partial charge on any atom is 0.254 e. The first-order valence-electron chi connectivity index (χ1n) is 10.5. The number of piperidine rings is 1. The van der Waals surface area contributed by atoms with Crippen molar-refractivity contribution < 1.29 is 9.59 Å². The van der Waals surface area contributed by atoms with Gasteiger partial charge in [-0.1, -0.05) is 18.2 Å². The second kappa shape index (κ2) is 8.84. The van der Waals surface area contributed by atoms with Gasteiger partial charge in [-0.2, -0.15) is 0 Å². The first-order valence-corrected chi connectivity index (χ1v) is 11.4. The summed E-state index contributed by atoms with van der Waals surface area (Å²) in [5, 5.41) is 6.08. The molecule has 1 saturated heterocycles.